The van der Waals surface area contributed by atoms with Crippen LogP contribution in [-0.2, 0) is 17.8 Å². The van der Waals surface area contributed by atoms with Gasteiger partial charge < -0.3 is 18.7 Å². The molecule has 1 saturated heterocycles. The van der Waals surface area contributed by atoms with Crippen molar-refractivity contribution in [1.82, 2.24) is 15.0 Å². The summed E-state index contributed by atoms with van der Waals surface area (Å²) >= 11 is 6.04. The quantitative estimate of drug-likeness (QED) is 0.672. The zero-order chi connectivity index (χ0) is 18.4. The number of oxazole rings is 1. The summed E-state index contributed by atoms with van der Waals surface area (Å²) in [7, 11) is 0. The van der Waals surface area contributed by atoms with Gasteiger partial charge in [0.15, 0.2) is 5.58 Å². The van der Waals surface area contributed by atoms with E-state index in [1.807, 2.05) is 11.0 Å². The van der Waals surface area contributed by atoms with Crippen LogP contribution in [0.5, 0.6) is 0 Å². The Morgan fingerprint density at radius 1 is 1.30 bits per heavy atom. The normalized spacial score (nSPS) is 20.1. The first-order valence-electron chi connectivity index (χ1n) is 9.19. The molecule has 4 heterocycles. The molecular weight excluding hydrogens is 368 g/mol. The molecule has 0 bridgehead atoms. The molecule has 1 aromatic carbocycles. The second-order valence-corrected chi connectivity index (χ2v) is 7.63. The van der Waals surface area contributed by atoms with E-state index < -0.39 is 0 Å². The first kappa shape index (κ1) is 16.6. The lowest BCUT2D eigenvalue weighted by molar-refractivity contribution is -0.136. The average Bonchev–Trinajstić information content (AvgIpc) is 3.33. The van der Waals surface area contributed by atoms with Gasteiger partial charge in [0.05, 0.1) is 18.2 Å². The highest BCUT2D eigenvalue weighted by Gasteiger charge is 2.33. The highest BCUT2D eigenvalue weighted by molar-refractivity contribution is 6.31. The van der Waals surface area contributed by atoms with Crippen LogP contribution in [0.2, 0.25) is 5.02 Å². The molecule has 5 rings (SSSR count). The molecular formula is C19H19ClN4O3. The summed E-state index contributed by atoms with van der Waals surface area (Å²) in [5.41, 5.74) is 3.42. The van der Waals surface area contributed by atoms with Crippen LogP contribution in [0.25, 0.3) is 11.1 Å². The van der Waals surface area contributed by atoms with E-state index in [2.05, 4.69) is 15.0 Å². The molecule has 1 unspecified atom stereocenters. The fourth-order valence-corrected chi connectivity index (χ4v) is 4.13. The Morgan fingerprint density at radius 3 is 3.15 bits per heavy atom. The molecule has 8 heteroatoms. The van der Waals surface area contributed by atoms with Gasteiger partial charge in [-0.15, -0.1) is 0 Å². The predicted molar refractivity (Wildman–Crippen MR) is 99.6 cm³/mol. The molecule has 7 nitrogen and oxygen atoms in total. The number of hydrogen-bond acceptors (Lipinski definition) is 6. The summed E-state index contributed by atoms with van der Waals surface area (Å²) < 4.78 is 10.9. The van der Waals surface area contributed by atoms with Gasteiger partial charge >= 0.3 is 0 Å². The Hall–Kier alpha value is -2.54. The Morgan fingerprint density at radius 2 is 2.22 bits per heavy atom. The van der Waals surface area contributed by atoms with Gasteiger partial charge in [-0.1, -0.05) is 16.8 Å². The molecule has 2 aliphatic rings. The number of piperidine rings is 1. The topological polar surface area (TPSA) is 75.6 Å². The van der Waals surface area contributed by atoms with E-state index in [1.165, 1.54) is 0 Å². The summed E-state index contributed by atoms with van der Waals surface area (Å²) in [6.45, 7) is 2.72. The summed E-state index contributed by atoms with van der Waals surface area (Å²) in [5, 5.41) is 4.62. The van der Waals surface area contributed by atoms with Crippen molar-refractivity contribution in [2.75, 3.05) is 24.5 Å². The van der Waals surface area contributed by atoms with Gasteiger partial charge in [-0.25, -0.2) is 0 Å². The summed E-state index contributed by atoms with van der Waals surface area (Å²) in [6, 6.07) is 5.97. The largest absolute Gasteiger partial charge is 0.423 e. The number of benzene rings is 1. The summed E-state index contributed by atoms with van der Waals surface area (Å²) in [4.78, 5) is 21.6. The van der Waals surface area contributed by atoms with E-state index in [1.54, 1.807) is 18.4 Å². The van der Waals surface area contributed by atoms with Crippen molar-refractivity contribution in [2.24, 2.45) is 5.92 Å². The van der Waals surface area contributed by atoms with Crippen LogP contribution < -0.4 is 4.90 Å². The first-order chi connectivity index (χ1) is 13.2. The molecule has 2 aliphatic heterocycles. The van der Waals surface area contributed by atoms with Crippen LogP contribution in [0.1, 0.15) is 24.1 Å². The van der Waals surface area contributed by atoms with Crippen molar-refractivity contribution in [3.63, 3.8) is 0 Å². The molecule has 140 valence electrons. The summed E-state index contributed by atoms with van der Waals surface area (Å²) in [6.07, 6.45) is 4.21. The molecule has 27 heavy (non-hydrogen) atoms. The van der Waals surface area contributed by atoms with Crippen LogP contribution in [-0.4, -0.2) is 40.6 Å². The lowest BCUT2D eigenvalue weighted by atomic mass is 9.95. The minimum Gasteiger partial charge on any atom is -0.423 e. The second kappa shape index (κ2) is 6.56. The van der Waals surface area contributed by atoms with Crippen LogP contribution in [0.15, 0.2) is 33.4 Å². The van der Waals surface area contributed by atoms with Crippen LogP contribution >= 0.6 is 11.6 Å². The number of nitrogens with zero attached hydrogens (tertiary/aromatic N) is 4. The van der Waals surface area contributed by atoms with Gasteiger partial charge in [-0.05, 0) is 31.0 Å². The van der Waals surface area contributed by atoms with Crippen molar-refractivity contribution < 1.29 is 13.7 Å². The van der Waals surface area contributed by atoms with E-state index >= 15 is 0 Å². The molecule has 1 fully saturated rings. The molecule has 2 aromatic heterocycles. The maximum atomic E-state index is 13.1. The van der Waals surface area contributed by atoms with Crippen molar-refractivity contribution >= 4 is 34.6 Å². The number of hydrogen-bond donors (Lipinski definition) is 0. The molecule has 0 spiro atoms. The Balaban J connectivity index is 1.32. The maximum absolute atomic E-state index is 13.1. The smallest absolute Gasteiger partial charge is 0.298 e. The third-order valence-electron chi connectivity index (χ3n) is 5.40. The van der Waals surface area contributed by atoms with E-state index in [0.717, 1.165) is 42.6 Å². The van der Waals surface area contributed by atoms with Gasteiger partial charge in [-0.2, -0.15) is 4.98 Å². The number of carbonyl (C=O) groups excluding carboxylic acids is 1. The third kappa shape index (κ3) is 3.06. The zero-order valence-corrected chi connectivity index (χ0v) is 15.5. The average molecular weight is 387 g/mol. The van der Waals surface area contributed by atoms with Gasteiger partial charge in [0.1, 0.15) is 11.8 Å². The number of rotatable bonds is 2. The van der Waals surface area contributed by atoms with E-state index in [4.69, 9.17) is 20.5 Å². The monoisotopic (exact) mass is 386 g/mol. The van der Waals surface area contributed by atoms with Crippen molar-refractivity contribution in [2.45, 2.75) is 25.8 Å². The van der Waals surface area contributed by atoms with Gasteiger partial charge in [0.25, 0.3) is 6.01 Å². The van der Waals surface area contributed by atoms with Crippen molar-refractivity contribution in [3.8, 4) is 0 Å². The van der Waals surface area contributed by atoms with Crippen LogP contribution in [0.4, 0.5) is 6.01 Å². The number of carbonyl (C=O) groups is 1. The Labute approximate surface area is 160 Å². The molecule has 0 aliphatic carbocycles. The SMILES string of the molecule is O=C(C1CCCN(c2nc3cc(Cl)ccc3o2)C1)N1CCc2nocc2C1. The van der Waals surface area contributed by atoms with Gasteiger partial charge in [0.2, 0.25) is 5.91 Å². The van der Waals surface area contributed by atoms with Gasteiger partial charge in [0, 0.05) is 36.6 Å². The fraction of sp³-hybridized carbons (Fsp3) is 0.421. The molecule has 1 atom stereocenters. The Bertz CT molecular complexity index is 998. The fourth-order valence-electron chi connectivity index (χ4n) is 3.96. The zero-order valence-electron chi connectivity index (χ0n) is 14.7. The molecule has 0 N–H and O–H groups in total. The van der Waals surface area contributed by atoms with E-state index in [-0.39, 0.29) is 11.8 Å². The lowest BCUT2D eigenvalue weighted by Gasteiger charge is -2.35. The number of anilines is 1. The molecule has 0 saturated carbocycles. The minimum absolute atomic E-state index is 0.0567. The van der Waals surface area contributed by atoms with Crippen molar-refractivity contribution in [3.05, 3.63) is 40.7 Å². The molecule has 3 aromatic rings. The number of aromatic nitrogens is 2. The maximum Gasteiger partial charge on any atom is 0.298 e. The number of halogens is 1. The number of fused-ring (bicyclic) bond motifs is 2. The first-order valence-corrected chi connectivity index (χ1v) is 9.57. The highest BCUT2D eigenvalue weighted by atomic mass is 35.5. The minimum atomic E-state index is -0.0567. The van der Waals surface area contributed by atoms with Crippen LogP contribution in [0.3, 0.4) is 0 Å². The van der Waals surface area contributed by atoms with E-state index in [0.29, 0.717) is 36.3 Å². The predicted octanol–water partition coefficient (Wildman–Crippen LogP) is 3.27. The standard InChI is InChI=1S/C19H19ClN4O3/c20-14-3-4-17-16(8-14)21-19(27-17)24-6-1-2-12(9-24)18(25)23-7-5-15-13(10-23)11-26-22-15/h3-4,8,11-12H,1-2,5-7,9-10H2. The number of amides is 1. The molecule has 1 amide bonds. The van der Waals surface area contributed by atoms with Crippen LogP contribution in [0, 0.1) is 5.92 Å². The van der Waals surface area contributed by atoms with Gasteiger partial charge in [-0.3, -0.25) is 4.79 Å². The molecule has 0 radical (unpaired) electrons. The second-order valence-electron chi connectivity index (χ2n) is 7.19. The summed E-state index contributed by atoms with van der Waals surface area (Å²) in [5.74, 6) is 0.129. The lowest BCUT2D eigenvalue weighted by Crippen LogP contribution is -2.46. The Kier molecular flexibility index (Phi) is 4.04. The van der Waals surface area contributed by atoms with E-state index in [9.17, 15) is 4.79 Å². The highest BCUT2D eigenvalue weighted by Crippen LogP contribution is 2.29. The third-order valence-corrected chi connectivity index (χ3v) is 5.63. The van der Waals surface area contributed by atoms with Crippen molar-refractivity contribution in [1.29, 1.82) is 0 Å².